The van der Waals surface area contributed by atoms with Crippen molar-refractivity contribution < 1.29 is 0 Å². The number of hydrogen-bond donors (Lipinski definition) is 2. The fourth-order valence-electron chi connectivity index (χ4n) is 2.30. The lowest BCUT2D eigenvalue weighted by molar-refractivity contribution is 0.231. The molecule has 1 aliphatic rings. The summed E-state index contributed by atoms with van der Waals surface area (Å²) in [6.07, 6.45) is 1.92. The summed E-state index contributed by atoms with van der Waals surface area (Å²) in [5, 5.41) is 4.10. The first-order valence-electron chi connectivity index (χ1n) is 6.54. The molecule has 0 spiro atoms. The summed E-state index contributed by atoms with van der Waals surface area (Å²) in [5.74, 6) is 0.904. The maximum absolute atomic E-state index is 5.89. The van der Waals surface area contributed by atoms with E-state index in [0.29, 0.717) is 0 Å². The molecule has 19 heavy (non-hydrogen) atoms. The lowest BCUT2D eigenvalue weighted by Gasteiger charge is -2.26. The minimum atomic E-state index is 0.747. The second-order valence-electron chi connectivity index (χ2n) is 4.79. The van der Waals surface area contributed by atoms with E-state index in [-0.39, 0.29) is 0 Å². The van der Waals surface area contributed by atoms with Crippen LogP contribution in [0.4, 0.5) is 0 Å². The summed E-state index contributed by atoms with van der Waals surface area (Å²) in [6, 6.07) is 7.73. The molecule has 0 aliphatic carbocycles. The minimum Gasteiger partial charge on any atom is -0.341 e. The fourth-order valence-corrected chi connectivity index (χ4v) is 2.43. The van der Waals surface area contributed by atoms with Crippen LogP contribution in [-0.4, -0.2) is 41.0 Å². The summed E-state index contributed by atoms with van der Waals surface area (Å²) in [4.78, 5) is 10.2. The third-order valence-corrected chi connectivity index (χ3v) is 3.60. The normalized spacial score (nSPS) is 16.7. The van der Waals surface area contributed by atoms with Crippen molar-refractivity contribution in [3.8, 4) is 11.4 Å². The minimum absolute atomic E-state index is 0.747. The molecule has 2 N–H and O–H groups in total. The Kier molecular flexibility index (Phi) is 3.82. The third-order valence-electron chi connectivity index (χ3n) is 3.35. The number of piperazine rings is 1. The van der Waals surface area contributed by atoms with Crippen LogP contribution in [0.5, 0.6) is 0 Å². The van der Waals surface area contributed by atoms with E-state index in [4.69, 9.17) is 11.6 Å². The van der Waals surface area contributed by atoms with Gasteiger partial charge in [-0.05, 0) is 24.3 Å². The molecule has 0 amide bonds. The van der Waals surface area contributed by atoms with Gasteiger partial charge in [-0.25, -0.2) is 4.98 Å². The predicted molar refractivity (Wildman–Crippen MR) is 77.2 cm³/mol. The smallest absolute Gasteiger partial charge is 0.137 e. The molecule has 0 saturated carbocycles. The van der Waals surface area contributed by atoms with Crippen LogP contribution in [0.15, 0.2) is 30.5 Å². The summed E-state index contributed by atoms with van der Waals surface area (Å²) in [5.41, 5.74) is 2.22. The van der Waals surface area contributed by atoms with Crippen molar-refractivity contribution in [3.05, 3.63) is 41.2 Å². The standard InChI is InChI=1S/C14H17ClN4/c15-12-3-1-11(2-4-12)14-17-9-13(18-14)10-19-7-5-16-6-8-19/h1-4,9,16H,5-8,10H2,(H,17,18). The summed E-state index contributed by atoms with van der Waals surface area (Å²) in [6.45, 7) is 5.25. The molecule has 1 fully saturated rings. The van der Waals surface area contributed by atoms with Crippen molar-refractivity contribution in [3.63, 3.8) is 0 Å². The third kappa shape index (κ3) is 3.15. The Morgan fingerprint density at radius 3 is 2.63 bits per heavy atom. The van der Waals surface area contributed by atoms with Crippen LogP contribution >= 0.6 is 11.6 Å². The molecular weight excluding hydrogens is 260 g/mol. The summed E-state index contributed by atoms with van der Waals surface area (Å²) in [7, 11) is 0. The molecule has 0 unspecified atom stereocenters. The van der Waals surface area contributed by atoms with E-state index in [1.807, 2.05) is 30.5 Å². The van der Waals surface area contributed by atoms with Crippen molar-refractivity contribution in [1.82, 2.24) is 20.2 Å². The molecule has 0 bridgehead atoms. The first-order valence-corrected chi connectivity index (χ1v) is 6.92. The molecule has 1 aliphatic heterocycles. The van der Waals surface area contributed by atoms with Crippen molar-refractivity contribution in [1.29, 1.82) is 0 Å². The molecule has 1 aromatic heterocycles. The first-order chi connectivity index (χ1) is 9.31. The van der Waals surface area contributed by atoms with Crippen LogP contribution in [0.2, 0.25) is 5.02 Å². The number of H-pyrrole nitrogens is 1. The van der Waals surface area contributed by atoms with Crippen LogP contribution in [0.3, 0.4) is 0 Å². The van der Waals surface area contributed by atoms with E-state index in [9.17, 15) is 0 Å². The van der Waals surface area contributed by atoms with E-state index in [1.54, 1.807) is 0 Å². The number of aromatic nitrogens is 2. The zero-order chi connectivity index (χ0) is 13.1. The summed E-state index contributed by atoms with van der Waals surface area (Å²) < 4.78 is 0. The molecule has 4 nitrogen and oxygen atoms in total. The number of nitrogens with zero attached hydrogens (tertiary/aromatic N) is 2. The van der Waals surface area contributed by atoms with Gasteiger partial charge < -0.3 is 10.3 Å². The Labute approximate surface area is 117 Å². The van der Waals surface area contributed by atoms with Crippen molar-refractivity contribution >= 4 is 11.6 Å². The second kappa shape index (κ2) is 5.74. The van der Waals surface area contributed by atoms with Gasteiger partial charge in [-0.15, -0.1) is 0 Å². The molecular formula is C14H17ClN4. The molecule has 0 atom stereocenters. The van der Waals surface area contributed by atoms with Gasteiger partial charge in [0.05, 0.1) is 0 Å². The Morgan fingerprint density at radius 2 is 1.89 bits per heavy atom. The zero-order valence-corrected chi connectivity index (χ0v) is 11.5. The number of benzene rings is 1. The van der Waals surface area contributed by atoms with Gasteiger partial charge in [0.2, 0.25) is 0 Å². The molecule has 100 valence electrons. The van der Waals surface area contributed by atoms with Crippen molar-refractivity contribution in [2.75, 3.05) is 26.2 Å². The van der Waals surface area contributed by atoms with E-state index < -0.39 is 0 Å². The average molecular weight is 277 g/mol. The molecule has 5 heteroatoms. The number of rotatable bonds is 3. The van der Waals surface area contributed by atoms with Gasteiger partial charge in [-0.2, -0.15) is 0 Å². The average Bonchev–Trinajstić information content (AvgIpc) is 2.89. The van der Waals surface area contributed by atoms with Crippen LogP contribution in [0.1, 0.15) is 5.69 Å². The maximum atomic E-state index is 5.89. The van der Waals surface area contributed by atoms with Gasteiger partial charge in [-0.1, -0.05) is 11.6 Å². The molecule has 3 rings (SSSR count). The second-order valence-corrected chi connectivity index (χ2v) is 5.23. The first kappa shape index (κ1) is 12.7. The Bertz CT molecular complexity index is 529. The van der Waals surface area contributed by atoms with Crippen LogP contribution in [0, 0.1) is 0 Å². The van der Waals surface area contributed by atoms with E-state index in [1.165, 1.54) is 0 Å². The maximum Gasteiger partial charge on any atom is 0.137 e. The highest BCUT2D eigenvalue weighted by Crippen LogP contribution is 2.19. The van der Waals surface area contributed by atoms with E-state index in [2.05, 4.69) is 20.2 Å². The zero-order valence-electron chi connectivity index (χ0n) is 10.7. The Morgan fingerprint density at radius 1 is 1.16 bits per heavy atom. The largest absolute Gasteiger partial charge is 0.341 e. The number of nitrogens with one attached hydrogen (secondary N) is 2. The molecule has 1 saturated heterocycles. The highest BCUT2D eigenvalue weighted by Gasteiger charge is 2.11. The van der Waals surface area contributed by atoms with Gasteiger partial charge in [0.1, 0.15) is 5.82 Å². The number of aromatic amines is 1. The van der Waals surface area contributed by atoms with Gasteiger partial charge in [-0.3, -0.25) is 4.90 Å². The quantitative estimate of drug-likeness (QED) is 0.903. The molecule has 1 aromatic carbocycles. The molecule has 0 radical (unpaired) electrons. The monoisotopic (exact) mass is 276 g/mol. The highest BCUT2D eigenvalue weighted by molar-refractivity contribution is 6.30. The summed E-state index contributed by atoms with van der Waals surface area (Å²) >= 11 is 5.89. The van der Waals surface area contributed by atoms with Gasteiger partial charge in [0.25, 0.3) is 0 Å². The fraction of sp³-hybridized carbons (Fsp3) is 0.357. The van der Waals surface area contributed by atoms with Crippen molar-refractivity contribution in [2.24, 2.45) is 0 Å². The lowest BCUT2D eigenvalue weighted by Crippen LogP contribution is -2.42. The highest BCUT2D eigenvalue weighted by atomic mass is 35.5. The van der Waals surface area contributed by atoms with Crippen LogP contribution in [-0.2, 0) is 6.54 Å². The Balaban J connectivity index is 1.70. The molecule has 2 heterocycles. The van der Waals surface area contributed by atoms with E-state index >= 15 is 0 Å². The SMILES string of the molecule is Clc1ccc(-c2ncc(CN3CCNCC3)[nH]2)cc1. The Hall–Kier alpha value is -1.36. The topological polar surface area (TPSA) is 44.0 Å². The van der Waals surface area contributed by atoms with Gasteiger partial charge >= 0.3 is 0 Å². The lowest BCUT2D eigenvalue weighted by atomic mass is 10.2. The van der Waals surface area contributed by atoms with Crippen molar-refractivity contribution in [2.45, 2.75) is 6.54 Å². The number of imidazole rings is 1. The molecule has 2 aromatic rings. The van der Waals surface area contributed by atoms with Gasteiger partial charge in [0, 0.05) is 55.2 Å². The van der Waals surface area contributed by atoms with Crippen LogP contribution < -0.4 is 5.32 Å². The number of halogens is 1. The van der Waals surface area contributed by atoms with Gasteiger partial charge in [0.15, 0.2) is 0 Å². The predicted octanol–water partition coefficient (Wildman–Crippen LogP) is 2.14. The van der Waals surface area contributed by atoms with E-state index in [0.717, 1.165) is 54.8 Å². The van der Waals surface area contributed by atoms with Crippen LogP contribution in [0.25, 0.3) is 11.4 Å². The number of hydrogen-bond acceptors (Lipinski definition) is 3.